The Morgan fingerprint density at radius 3 is 2.23 bits per heavy atom. The fourth-order valence-electron chi connectivity index (χ4n) is 2.58. The third-order valence-corrected chi connectivity index (χ3v) is 3.06. The van der Waals surface area contributed by atoms with E-state index in [2.05, 4.69) is 0 Å². The van der Waals surface area contributed by atoms with E-state index in [-0.39, 0.29) is 11.3 Å². The van der Waals surface area contributed by atoms with Gasteiger partial charge in [0.2, 0.25) is 0 Å². The molecule has 1 fully saturated rings. The molecule has 13 heavy (non-hydrogen) atoms. The molecule has 0 aromatic rings. The van der Waals surface area contributed by atoms with Crippen molar-refractivity contribution in [2.45, 2.75) is 45.3 Å². The highest BCUT2D eigenvalue weighted by Crippen LogP contribution is 2.44. The molecule has 0 aromatic carbocycles. The van der Waals surface area contributed by atoms with Crippen LogP contribution in [0.15, 0.2) is 0 Å². The van der Waals surface area contributed by atoms with Gasteiger partial charge in [0.25, 0.3) is 0 Å². The maximum absolute atomic E-state index is 10.9. The number of aldehydes is 1. The van der Waals surface area contributed by atoms with Crippen LogP contribution < -0.4 is 0 Å². The SMILES string of the molecule is CC1(C)CC(O)CC(C)(O)C1C=O. The van der Waals surface area contributed by atoms with E-state index in [1.807, 2.05) is 13.8 Å². The second-order valence-corrected chi connectivity index (χ2v) is 5.02. The predicted molar refractivity (Wildman–Crippen MR) is 49.2 cm³/mol. The summed E-state index contributed by atoms with van der Waals surface area (Å²) >= 11 is 0. The molecule has 1 rings (SSSR count). The summed E-state index contributed by atoms with van der Waals surface area (Å²) in [5.41, 5.74) is -1.38. The molecular formula is C10H18O3. The minimum absolute atomic E-state index is 0.292. The Morgan fingerprint density at radius 1 is 1.31 bits per heavy atom. The smallest absolute Gasteiger partial charge is 0.126 e. The second kappa shape index (κ2) is 3.07. The van der Waals surface area contributed by atoms with Gasteiger partial charge in [0.05, 0.1) is 11.7 Å². The molecule has 1 saturated carbocycles. The molecule has 0 bridgehead atoms. The molecule has 0 aliphatic heterocycles. The normalized spacial score (nSPS) is 44.4. The third kappa shape index (κ3) is 1.92. The highest BCUT2D eigenvalue weighted by molar-refractivity contribution is 5.57. The molecule has 0 spiro atoms. The molecule has 3 heteroatoms. The van der Waals surface area contributed by atoms with Crippen LogP contribution in [0.25, 0.3) is 0 Å². The minimum Gasteiger partial charge on any atom is -0.393 e. The number of carbonyl (C=O) groups excluding carboxylic acids is 1. The molecule has 0 radical (unpaired) electrons. The molecule has 76 valence electrons. The first-order valence-corrected chi connectivity index (χ1v) is 4.65. The lowest BCUT2D eigenvalue weighted by Crippen LogP contribution is -2.52. The van der Waals surface area contributed by atoms with E-state index in [9.17, 15) is 15.0 Å². The van der Waals surface area contributed by atoms with Crippen LogP contribution in [0.2, 0.25) is 0 Å². The quantitative estimate of drug-likeness (QED) is 0.594. The number of hydrogen-bond donors (Lipinski definition) is 2. The highest BCUT2D eigenvalue weighted by atomic mass is 16.3. The molecule has 1 aliphatic rings. The number of aliphatic hydroxyl groups is 2. The predicted octanol–water partition coefficient (Wildman–Crippen LogP) is 0.733. The van der Waals surface area contributed by atoms with Gasteiger partial charge in [0.1, 0.15) is 6.29 Å². The zero-order valence-electron chi connectivity index (χ0n) is 8.45. The zero-order chi connectivity index (χ0) is 10.3. The molecular weight excluding hydrogens is 168 g/mol. The standard InChI is InChI=1S/C10H18O3/c1-9(2)4-7(12)5-10(3,13)8(9)6-11/h6-8,12-13H,4-5H2,1-3H3. The van der Waals surface area contributed by atoms with Gasteiger partial charge in [-0.25, -0.2) is 0 Å². The van der Waals surface area contributed by atoms with Crippen molar-refractivity contribution in [1.29, 1.82) is 0 Å². The summed E-state index contributed by atoms with van der Waals surface area (Å²) in [6, 6.07) is 0. The van der Waals surface area contributed by atoms with Gasteiger partial charge in [0.15, 0.2) is 0 Å². The number of rotatable bonds is 1. The Labute approximate surface area is 78.8 Å². The van der Waals surface area contributed by atoms with Crippen LogP contribution in [0.5, 0.6) is 0 Å². The molecule has 1 aliphatic carbocycles. The molecule has 0 saturated heterocycles. The van der Waals surface area contributed by atoms with E-state index < -0.39 is 11.7 Å². The Balaban J connectivity index is 2.94. The third-order valence-electron chi connectivity index (χ3n) is 3.06. The summed E-state index contributed by atoms with van der Waals surface area (Å²) in [6.45, 7) is 5.43. The Morgan fingerprint density at radius 2 is 1.85 bits per heavy atom. The van der Waals surface area contributed by atoms with E-state index in [0.717, 1.165) is 6.29 Å². The Bertz CT molecular complexity index is 190. The van der Waals surface area contributed by atoms with E-state index in [1.165, 1.54) is 0 Å². The fourth-order valence-corrected chi connectivity index (χ4v) is 2.58. The molecule has 3 unspecified atom stereocenters. The first kappa shape index (κ1) is 10.7. The summed E-state index contributed by atoms with van der Waals surface area (Å²) in [7, 11) is 0. The van der Waals surface area contributed by atoms with E-state index in [1.54, 1.807) is 6.92 Å². The number of hydrogen-bond acceptors (Lipinski definition) is 3. The summed E-state index contributed by atoms with van der Waals surface area (Å²) in [4.78, 5) is 10.9. The van der Waals surface area contributed by atoms with E-state index >= 15 is 0 Å². The van der Waals surface area contributed by atoms with Gasteiger partial charge >= 0.3 is 0 Å². The highest BCUT2D eigenvalue weighted by Gasteiger charge is 2.48. The van der Waals surface area contributed by atoms with Gasteiger partial charge in [-0.05, 0) is 18.8 Å². The van der Waals surface area contributed by atoms with Gasteiger partial charge in [-0.1, -0.05) is 13.8 Å². The van der Waals surface area contributed by atoms with Crippen molar-refractivity contribution in [1.82, 2.24) is 0 Å². The fraction of sp³-hybridized carbons (Fsp3) is 0.900. The number of aliphatic hydroxyl groups excluding tert-OH is 1. The maximum atomic E-state index is 10.9. The molecule has 0 amide bonds. The van der Waals surface area contributed by atoms with Crippen LogP contribution >= 0.6 is 0 Å². The van der Waals surface area contributed by atoms with Crippen molar-refractivity contribution >= 4 is 6.29 Å². The lowest BCUT2D eigenvalue weighted by Gasteiger charge is -2.47. The van der Waals surface area contributed by atoms with Crippen molar-refractivity contribution in [3.63, 3.8) is 0 Å². The van der Waals surface area contributed by atoms with Crippen molar-refractivity contribution < 1.29 is 15.0 Å². The minimum atomic E-state index is -1.07. The van der Waals surface area contributed by atoms with Crippen molar-refractivity contribution in [3.8, 4) is 0 Å². The summed E-state index contributed by atoms with van der Waals surface area (Å²) in [6.07, 6.45) is 1.18. The van der Waals surface area contributed by atoms with Crippen molar-refractivity contribution in [2.75, 3.05) is 0 Å². The summed E-state index contributed by atoms with van der Waals surface area (Å²) in [5.74, 6) is -0.386. The first-order chi connectivity index (χ1) is 5.79. The second-order valence-electron chi connectivity index (χ2n) is 5.02. The van der Waals surface area contributed by atoms with Gasteiger partial charge in [-0.15, -0.1) is 0 Å². The lowest BCUT2D eigenvalue weighted by molar-refractivity contribution is -0.147. The van der Waals surface area contributed by atoms with Crippen molar-refractivity contribution in [3.05, 3.63) is 0 Å². The molecule has 3 atom stereocenters. The van der Waals surface area contributed by atoms with Gasteiger partial charge in [-0.3, -0.25) is 0 Å². The van der Waals surface area contributed by atoms with Crippen LogP contribution in [-0.2, 0) is 4.79 Å². The van der Waals surface area contributed by atoms with Gasteiger partial charge < -0.3 is 15.0 Å². The molecule has 3 nitrogen and oxygen atoms in total. The van der Waals surface area contributed by atoms with Crippen LogP contribution in [0.4, 0.5) is 0 Å². The summed E-state index contributed by atoms with van der Waals surface area (Å²) in [5, 5.41) is 19.5. The molecule has 2 N–H and O–H groups in total. The monoisotopic (exact) mass is 186 g/mol. The van der Waals surface area contributed by atoms with Gasteiger partial charge in [-0.2, -0.15) is 0 Å². The summed E-state index contributed by atoms with van der Waals surface area (Å²) < 4.78 is 0. The average Bonchev–Trinajstić information content (AvgIpc) is 1.79. The Hall–Kier alpha value is -0.410. The molecule has 0 aromatic heterocycles. The lowest BCUT2D eigenvalue weighted by atomic mass is 9.61. The van der Waals surface area contributed by atoms with E-state index in [4.69, 9.17) is 0 Å². The van der Waals surface area contributed by atoms with Crippen molar-refractivity contribution in [2.24, 2.45) is 11.3 Å². The first-order valence-electron chi connectivity index (χ1n) is 4.65. The van der Waals surface area contributed by atoms with Crippen LogP contribution in [-0.4, -0.2) is 28.2 Å². The topological polar surface area (TPSA) is 57.5 Å². The zero-order valence-corrected chi connectivity index (χ0v) is 8.45. The average molecular weight is 186 g/mol. The van der Waals surface area contributed by atoms with Gasteiger partial charge in [0, 0.05) is 12.3 Å². The maximum Gasteiger partial charge on any atom is 0.126 e. The van der Waals surface area contributed by atoms with Crippen LogP contribution in [0, 0.1) is 11.3 Å². The van der Waals surface area contributed by atoms with Crippen LogP contribution in [0.3, 0.4) is 0 Å². The number of carbonyl (C=O) groups is 1. The van der Waals surface area contributed by atoms with Crippen LogP contribution in [0.1, 0.15) is 33.6 Å². The Kier molecular flexibility index (Phi) is 2.52. The van der Waals surface area contributed by atoms with E-state index in [0.29, 0.717) is 12.8 Å². The largest absolute Gasteiger partial charge is 0.393 e. The molecule has 0 heterocycles.